The van der Waals surface area contributed by atoms with E-state index in [2.05, 4.69) is 5.32 Å². The molecule has 3 heteroatoms. The molecule has 0 aliphatic heterocycles. The third-order valence-corrected chi connectivity index (χ3v) is 2.92. The SMILES string of the molecule is CCC(CC)C(=O)Nc1ccccc1C(C)=O. The second kappa shape index (κ2) is 6.18. The Morgan fingerprint density at radius 2 is 1.76 bits per heavy atom. The molecule has 1 amide bonds. The summed E-state index contributed by atoms with van der Waals surface area (Å²) in [7, 11) is 0. The fourth-order valence-corrected chi connectivity index (χ4v) is 1.79. The summed E-state index contributed by atoms with van der Waals surface area (Å²) < 4.78 is 0. The highest BCUT2D eigenvalue weighted by molar-refractivity contribution is 6.04. The van der Waals surface area contributed by atoms with Crippen molar-refractivity contribution < 1.29 is 9.59 Å². The van der Waals surface area contributed by atoms with Crippen LogP contribution in [0.15, 0.2) is 24.3 Å². The summed E-state index contributed by atoms with van der Waals surface area (Å²) in [6, 6.07) is 7.10. The van der Waals surface area contributed by atoms with Crippen molar-refractivity contribution in [2.75, 3.05) is 5.32 Å². The minimum atomic E-state index is -0.0366. The second-order valence-electron chi connectivity index (χ2n) is 4.10. The van der Waals surface area contributed by atoms with Crippen LogP contribution in [0.2, 0.25) is 0 Å². The first kappa shape index (κ1) is 13.4. The lowest BCUT2D eigenvalue weighted by molar-refractivity contribution is -0.120. The Hall–Kier alpha value is -1.64. The Balaban J connectivity index is 2.88. The maximum absolute atomic E-state index is 11.9. The smallest absolute Gasteiger partial charge is 0.227 e. The van der Waals surface area contributed by atoms with Crippen LogP contribution in [-0.2, 0) is 4.79 Å². The van der Waals surface area contributed by atoms with Crippen LogP contribution in [0.5, 0.6) is 0 Å². The highest BCUT2D eigenvalue weighted by atomic mass is 16.2. The number of ketones is 1. The summed E-state index contributed by atoms with van der Waals surface area (Å²) in [6.45, 7) is 5.48. The molecule has 0 bridgehead atoms. The zero-order valence-electron chi connectivity index (χ0n) is 10.6. The lowest BCUT2D eigenvalue weighted by Gasteiger charge is -2.14. The van der Waals surface area contributed by atoms with Crippen LogP contribution in [-0.4, -0.2) is 11.7 Å². The van der Waals surface area contributed by atoms with Crippen LogP contribution >= 0.6 is 0 Å². The molecule has 0 unspecified atom stereocenters. The van der Waals surface area contributed by atoms with Gasteiger partial charge in [0.15, 0.2) is 5.78 Å². The number of hydrogen-bond donors (Lipinski definition) is 1. The van der Waals surface area contributed by atoms with Crippen LogP contribution in [0.1, 0.15) is 44.0 Å². The van der Waals surface area contributed by atoms with Gasteiger partial charge in [-0.05, 0) is 31.9 Å². The molecule has 1 aromatic rings. The van der Waals surface area contributed by atoms with Crippen LogP contribution < -0.4 is 5.32 Å². The Morgan fingerprint density at radius 3 is 2.29 bits per heavy atom. The van der Waals surface area contributed by atoms with Crippen LogP contribution in [0.25, 0.3) is 0 Å². The van der Waals surface area contributed by atoms with Gasteiger partial charge in [-0.15, -0.1) is 0 Å². The summed E-state index contributed by atoms with van der Waals surface area (Å²) in [5.41, 5.74) is 1.17. The average Bonchev–Trinajstić information content (AvgIpc) is 2.31. The summed E-state index contributed by atoms with van der Waals surface area (Å²) in [4.78, 5) is 23.3. The van der Waals surface area contributed by atoms with Crippen molar-refractivity contribution in [3.63, 3.8) is 0 Å². The third kappa shape index (κ3) is 3.41. The van der Waals surface area contributed by atoms with Gasteiger partial charge < -0.3 is 5.32 Å². The molecule has 0 aliphatic rings. The van der Waals surface area contributed by atoms with E-state index in [1.54, 1.807) is 18.2 Å². The van der Waals surface area contributed by atoms with Gasteiger partial charge in [0.25, 0.3) is 0 Å². The molecule has 0 heterocycles. The van der Waals surface area contributed by atoms with Gasteiger partial charge in [-0.1, -0.05) is 26.0 Å². The van der Waals surface area contributed by atoms with Crippen molar-refractivity contribution in [3.05, 3.63) is 29.8 Å². The first-order chi connectivity index (χ1) is 8.10. The molecular weight excluding hydrogens is 214 g/mol. The van der Waals surface area contributed by atoms with Crippen molar-refractivity contribution in [2.45, 2.75) is 33.6 Å². The minimum Gasteiger partial charge on any atom is -0.325 e. The predicted molar refractivity (Wildman–Crippen MR) is 69.1 cm³/mol. The van der Waals surface area contributed by atoms with Gasteiger partial charge in [-0.25, -0.2) is 0 Å². The topological polar surface area (TPSA) is 46.2 Å². The van der Waals surface area contributed by atoms with Crippen LogP contribution in [0.3, 0.4) is 0 Å². The van der Waals surface area contributed by atoms with Crippen molar-refractivity contribution in [3.8, 4) is 0 Å². The first-order valence-corrected chi connectivity index (χ1v) is 6.00. The zero-order chi connectivity index (χ0) is 12.8. The van der Waals surface area contributed by atoms with Crippen molar-refractivity contribution in [2.24, 2.45) is 5.92 Å². The molecule has 0 saturated heterocycles. The number of amides is 1. The molecule has 0 aromatic heterocycles. The Kier molecular flexibility index (Phi) is 4.88. The number of para-hydroxylation sites is 1. The monoisotopic (exact) mass is 233 g/mol. The van der Waals surface area contributed by atoms with Crippen molar-refractivity contribution in [1.82, 2.24) is 0 Å². The normalized spacial score (nSPS) is 10.4. The van der Waals surface area contributed by atoms with E-state index in [1.165, 1.54) is 6.92 Å². The lowest BCUT2D eigenvalue weighted by atomic mass is 10.0. The van der Waals surface area contributed by atoms with Gasteiger partial charge in [0.05, 0.1) is 5.69 Å². The van der Waals surface area contributed by atoms with E-state index in [-0.39, 0.29) is 17.6 Å². The Labute approximate surface area is 102 Å². The quantitative estimate of drug-likeness (QED) is 0.793. The molecule has 92 valence electrons. The number of carbonyl (C=O) groups is 2. The van der Waals surface area contributed by atoms with E-state index in [9.17, 15) is 9.59 Å². The zero-order valence-corrected chi connectivity index (χ0v) is 10.6. The molecule has 1 rings (SSSR count). The van der Waals surface area contributed by atoms with Crippen molar-refractivity contribution in [1.29, 1.82) is 0 Å². The van der Waals surface area contributed by atoms with Crippen LogP contribution in [0, 0.1) is 5.92 Å². The van der Waals surface area contributed by atoms with E-state index in [0.29, 0.717) is 11.3 Å². The molecule has 1 N–H and O–H groups in total. The van der Waals surface area contributed by atoms with E-state index in [1.807, 2.05) is 19.9 Å². The number of hydrogen-bond acceptors (Lipinski definition) is 2. The summed E-state index contributed by atoms with van der Waals surface area (Å²) >= 11 is 0. The Bertz CT molecular complexity index is 408. The number of Topliss-reactive ketones (excluding diaryl/α,β-unsaturated/α-hetero) is 1. The first-order valence-electron chi connectivity index (χ1n) is 6.00. The molecule has 0 saturated carbocycles. The number of anilines is 1. The lowest BCUT2D eigenvalue weighted by Crippen LogP contribution is -2.22. The van der Waals surface area contributed by atoms with E-state index in [0.717, 1.165) is 12.8 Å². The van der Waals surface area contributed by atoms with Gasteiger partial charge in [0.2, 0.25) is 5.91 Å². The molecule has 0 spiro atoms. The third-order valence-electron chi connectivity index (χ3n) is 2.92. The summed E-state index contributed by atoms with van der Waals surface area (Å²) in [6.07, 6.45) is 1.62. The predicted octanol–water partition coefficient (Wildman–Crippen LogP) is 3.26. The molecular formula is C14H19NO2. The molecule has 3 nitrogen and oxygen atoms in total. The van der Waals surface area contributed by atoms with Gasteiger partial charge in [0.1, 0.15) is 0 Å². The maximum atomic E-state index is 11.9. The standard InChI is InChI=1S/C14H19NO2/c1-4-11(5-2)14(17)15-13-9-7-6-8-12(13)10(3)16/h6-9,11H,4-5H2,1-3H3,(H,15,17). The number of benzene rings is 1. The fraction of sp³-hybridized carbons (Fsp3) is 0.429. The molecule has 0 atom stereocenters. The van der Waals surface area contributed by atoms with Gasteiger partial charge >= 0.3 is 0 Å². The van der Waals surface area contributed by atoms with Gasteiger partial charge in [-0.2, -0.15) is 0 Å². The molecule has 0 fully saturated rings. The Morgan fingerprint density at radius 1 is 1.18 bits per heavy atom. The summed E-state index contributed by atoms with van der Waals surface area (Å²) in [5.74, 6) is -0.0378. The summed E-state index contributed by atoms with van der Waals surface area (Å²) in [5, 5.41) is 2.83. The molecule has 0 radical (unpaired) electrons. The largest absolute Gasteiger partial charge is 0.325 e. The highest BCUT2D eigenvalue weighted by Gasteiger charge is 2.16. The minimum absolute atomic E-state index is 0.00927. The number of rotatable bonds is 5. The van der Waals surface area contributed by atoms with Gasteiger partial charge in [-0.3, -0.25) is 9.59 Å². The molecule has 1 aromatic carbocycles. The number of nitrogens with one attached hydrogen (secondary N) is 1. The average molecular weight is 233 g/mol. The van der Waals surface area contributed by atoms with Crippen molar-refractivity contribution >= 4 is 17.4 Å². The second-order valence-corrected chi connectivity index (χ2v) is 4.10. The molecule has 0 aliphatic carbocycles. The molecule has 17 heavy (non-hydrogen) atoms. The highest BCUT2D eigenvalue weighted by Crippen LogP contribution is 2.18. The van der Waals surface area contributed by atoms with E-state index >= 15 is 0 Å². The van der Waals surface area contributed by atoms with E-state index < -0.39 is 0 Å². The fourth-order valence-electron chi connectivity index (χ4n) is 1.79. The van der Waals surface area contributed by atoms with E-state index in [4.69, 9.17) is 0 Å². The van der Waals surface area contributed by atoms with Gasteiger partial charge in [0, 0.05) is 11.5 Å². The maximum Gasteiger partial charge on any atom is 0.227 e. The number of carbonyl (C=O) groups excluding carboxylic acids is 2. The van der Waals surface area contributed by atoms with Crippen LogP contribution in [0.4, 0.5) is 5.69 Å².